The predicted molar refractivity (Wildman–Crippen MR) is 152 cm³/mol. The van der Waals surface area contributed by atoms with Crippen LogP contribution in [0.2, 0.25) is 0 Å². The molecule has 8 heteroatoms. The first-order valence-corrected chi connectivity index (χ1v) is 14.7. The summed E-state index contributed by atoms with van der Waals surface area (Å²) >= 11 is 1.98. The number of hydrogen-bond donors (Lipinski definition) is 3. The number of hydrogen-bond acceptors (Lipinski definition) is 5. The van der Waals surface area contributed by atoms with Gasteiger partial charge in [0.1, 0.15) is 5.84 Å². The molecule has 0 saturated carbocycles. The summed E-state index contributed by atoms with van der Waals surface area (Å²) in [5.74, 6) is 2.27. The average molecular weight is 523 g/mol. The second-order valence-electron chi connectivity index (χ2n) is 10.1. The van der Waals surface area contributed by atoms with Crippen molar-refractivity contribution in [3.05, 3.63) is 78.4 Å². The Labute approximate surface area is 218 Å². The molecule has 4 N–H and O–H groups in total. The van der Waals surface area contributed by atoms with Crippen molar-refractivity contribution in [2.24, 2.45) is 5.73 Å². The number of anilines is 2. The standard InChI is InChI=1S/C28H34N4O2S2/c1-28(2,3)31-36(33,34)26-10-5-4-9-25(26)20-11-13-22(14-12-20)32(23-15-17-35-18-16-23)24-8-6-7-21(19-24)27(29)30/h4-14,19,23,31H,15-18H2,1-3H3,(H3,29,30). The molecule has 1 heterocycles. The van der Waals surface area contributed by atoms with Crippen molar-refractivity contribution in [2.45, 2.75) is 50.1 Å². The molecule has 0 aromatic heterocycles. The smallest absolute Gasteiger partial charge is 0.241 e. The van der Waals surface area contributed by atoms with Crippen LogP contribution < -0.4 is 15.4 Å². The van der Waals surface area contributed by atoms with Crippen molar-refractivity contribution in [1.29, 1.82) is 5.41 Å². The number of sulfonamides is 1. The Morgan fingerprint density at radius 1 is 0.972 bits per heavy atom. The molecule has 3 aromatic carbocycles. The molecule has 6 nitrogen and oxygen atoms in total. The SMILES string of the molecule is CC(C)(C)NS(=O)(=O)c1ccccc1-c1ccc(N(c2cccc(C(=N)N)c2)C2CCSCC2)cc1. The van der Waals surface area contributed by atoms with Crippen LogP contribution in [0.1, 0.15) is 39.2 Å². The molecule has 1 saturated heterocycles. The molecule has 0 radical (unpaired) electrons. The quantitative estimate of drug-likeness (QED) is 0.271. The Bertz CT molecular complexity index is 1330. The molecular weight excluding hydrogens is 488 g/mol. The van der Waals surface area contributed by atoms with E-state index in [2.05, 4.69) is 27.8 Å². The summed E-state index contributed by atoms with van der Waals surface area (Å²) in [6.07, 6.45) is 2.13. The van der Waals surface area contributed by atoms with Crippen LogP contribution in [0, 0.1) is 5.41 Å². The van der Waals surface area contributed by atoms with Crippen molar-refractivity contribution >= 4 is 39.0 Å². The fourth-order valence-electron chi connectivity index (χ4n) is 4.54. The van der Waals surface area contributed by atoms with Gasteiger partial charge in [0.2, 0.25) is 10.0 Å². The second-order valence-corrected chi connectivity index (χ2v) is 13.0. The fourth-order valence-corrected chi connectivity index (χ4v) is 7.27. The zero-order chi connectivity index (χ0) is 25.9. The van der Waals surface area contributed by atoms with Crippen LogP contribution in [0.5, 0.6) is 0 Å². The highest BCUT2D eigenvalue weighted by Gasteiger charge is 2.26. The van der Waals surface area contributed by atoms with Crippen LogP contribution >= 0.6 is 11.8 Å². The number of benzene rings is 3. The minimum Gasteiger partial charge on any atom is -0.384 e. The molecule has 1 aliphatic rings. The lowest BCUT2D eigenvalue weighted by molar-refractivity contribution is 0.491. The summed E-state index contributed by atoms with van der Waals surface area (Å²) in [5, 5.41) is 7.87. The van der Waals surface area contributed by atoms with Crippen LogP contribution in [0.25, 0.3) is 11.1 Å². The molecule has 4 rings (SSSR count). The fraction of sp³-hybridized carbons (Fsp3) is 0.321. The summed E-state index contributed by atoms with van der Waals surface area (Å²) < 4.78 is 29.1. The first kappa shape index (κ1) is 26.3. The molecule has 36 heavy (non-hydrogen) atoms. The van der Waals surface area contributed by atoms with Gasteiger partial charge in [0.25, 0.3) is 0 Å². The van der Waals surface area contributed by atoms with Gasteiger partial charge in [-0.25, -0.2) is 13.1 Å². The number of nitrogen functional groups attached to an aromatic ring is 1. The Hall–Kier alpha value is -2.81. The van der Waals surface area contributed by atoms with E-state index in [0.29, 0.717) is 17.2 Å². The highest BCUT2D eigenvalue weighted by atomic mass is 32.2. The number of nitrogens with two attached hydrogens (primary N) is 1. The first-order chi connectivity index (χ1) is 17.0. The summed E-state index contributed by atoms with van der Waals surface area (Å²) in [6.45, 7) is 5.50. The Kier molecular flexibility index (Phi) is 7.78. The van der Waals surface area contributed by atoms with Crippen molar-refractivity contribution in [1.82, 2.24) is 4.72 Å². The maximum absolute atomic E-state index is 13.1. The van der Waals surface area contributed by atoms with Crippen LogP contribution in [0.15, 0.2) is 77.7 Å². The molecule has 0 bridgehead atoms. The maximum atomic E-state index is 13.1. The third-order valence-electron chi connectivity index (χ3n) is 6.06. The van der Waals surface area contributed by atoms with E-state index in [9.17, 15) is 8.42 Å². The summed E-state index contributed by atoms with van der Waals surface area (Å²) in [7, 11) is -3.69. The average Bonchev–Trinajstić information content (AvgIpc) is 2.84. The lowest BCUT2D eigenvalue weighted by Gasteiger charge is -2.36. The first-order valence-electron chi connectivity index (χ1n) is 12.1. The van der Waals surface area contributed by atoms with Gasteiger partial charge in [-0.3, -0.25) is 5.41 Å². The van der Waals surface area contributed by atoms with Crippen molar-refractivity contribution in [3.63, 3.8) is 0 Å². The van der Waals surface area contributed by atoms with Crippen molar-refractivity contribution < 1.29 is 8.42 Å². The van der Waals surface area contributed by atoms with Crippen LogP contribution in [-0.4, -0.2) is 37.3 Å². The minimum absolute atomic E-state index is 0.0491. The van der Waals surface area contributed by atoms with Crippen molar-refractivity contribution in [2.75, 3.05) is 16.4 Å². The van der Waals surface area contributed by atoms with E-state index < -0.39 is 15.6 Å². The number of amidine groups is 1. The Morgan fingerprint density at radius 3 is 2.28 bits per heavy atom. The Balaban J connectivity index is 1.73. The molecule has 0 atom stereocenters. The molecular formula is C28H34N4O2S2. The molecule has 0 amide bonds. The van der Waals surface area contributed by atoms with Gasteiger partial charge in [-0.05, 0) is 81.0 Å². The van der Waals surface area contributed by atoms with Gasteiger partial charge in [-0.2, -0.15) is 11.8 Å². The molecule has 1 fully saturated rings. The van der Waals surface area contributed by atoms with Gasteiger partial charge in [-0.15, -0.1) is 0 Å². The van der Waals surface area contributed by atoms with Gasteiger partial charge < -0.3 is 10.6 Å². The second kappa shape index (κ2) is 10.7. The van der Waals surface area contributed by atoms with E-state index in [1.165, 1.54) is 0 Å². The van der Waals surface area contributed by atoms with Gasteiger partial charge in [0.05, 0.1) is 4.90 Å². The summed E-state index contributed by atoms with van der Waals surface area (Å²) in [5.41, 5.74) is 9.44. The minimum atomic E-state index is -3.69. The number of nitrogens with zero attached hydrogens (tertiary/aromatic N) is 1. The monoisotopic (exact) mass is 522 g/mol. The maximum Gasteiger partial charge on any atom is 0.241 e. The van der Waals surface area contributed by atoms with Crippen LogP contribution in [-0.2, 0) is 10.0 Å². The van der Waals surface area contributed by atoms with Gasteiger partial charge >= 0.3 is 0 Å². The number of nitrogens with one attached hydrogen (secondary N) is 2. The molecule has 0 aliphatic carbocycles. The van der Waals surface area contributed by atoms with E-state index in [4.69, 9.17) is 11.1 Å². The largest absolute Gasteiger partial charge is 0.384 e. The zero-order valence-corrected chi connectivity index (χ0v) is 22.6. The lowest BCUT2D eigenvalue weighted by Crippen LogP contribution is -2.40. The Morgan fingerprint density at radius 2 is 1.64 bits per heavy atom. The van der Waals surface area contributed by atoms with E-state index >= 15 is 0 Å². The number of rotatable bonds is 7. The topological polar surface area (TPSA) is 99.3 Å². The van der Waals surface area contributed by atoms with E-state index in [1.807, 2.05) is 75.0 Å². The molecule has 3 aromatic rings. The summed E-state index contributed by atoms with van der Waals surface area (Å²) in [4.78, 5) is 2.60. The lowest BCUT2D eigenvalue weighted by atomic mass is 10.0. The molecule has 190 valence electrons. The molecule has 0 unspecified atom stereocenters. The van der Waals surface area contributed by atoms with E-state index in [-0.39, 0.29) is 10.7 Å². The van der Waals surface area contributed by atoms with Crippen molar-refractivity contribution in [3.8, 4) is 11.1 Å². The van der Waals surface area contributed by atoms with Gasteiger partial charge in [0, 0.05) is 34.1 Å². The molecule has 0 spiro atoms. The van der Waals surface area contributed by atoms with E-state index in [1.54, 1.807) is 12.1 Å². The highest BCUT2D eigenvalue weighted by molar-refractivity contribution is 7.99. The third-order valence-corrected chi connectivity index (χ3v) is 8.93. The summed E-state index contributed by atoms with van der Waals surface area (Å²) in [6, 6.07) is 23.3. The number of thioether (sulfide) groups is 1. The van der Waals surface area contributed by atoms with Gasteiger partial charge in [0.15, 0.2) is 0 Å². The molecule has 1 aliphatic heterocycles. The van der Waals surface area contributed by atoms with E-state index in [0.717, 1.165) is 41.3 Å². The van der Waals surface area contributed by atoms with Gasteiger partial charge in [-0.1, -0.05) is 42.5 Å². The third kappa shape index (κ3) is 6.11. The van der Waals surface area contributed by atoms with Crippen LogP contribution in [0.4, 0.5) is 11.4 Å². The highest BCUT2D eigenvalue weighted by Crippen LogP contribution is 2.36. The normalized spacial score (nSPS) is 15.0. The van der Waals surface area contributed by atoms with Crippen LogP contribution in [0.3, 0.4) is 0 Å². The predicted octanol–water partition coefficient (Wildman–Crippen LogP) is 5.75. The zero-order valence-electron chi connectivity index (χ0n) is 21.0.